The third-order valence-corrected chi connectivity index (χ3v) is 3.43. The van der Waals surface area contributed by atoms with E-state index in [1.54, 1.807) is 4.68 Å². The quantitative estimate of drug-likeness (QED) is 0.712. The van der Waals surface area contributed by atoms with Gasteiger partial charge in [0.25, 0.3) is 0 Å². The van der Waals surface area contributed by atoms with Gasteiger partial charge in [-0.1, -0.05) is 5.10 Å². The molecule has 1 unspecified atom stereocenters. The summed E-state index contributed by atoms with van der Waals surface area (Å²) >= 11 is 6.10. The molecule has 0 saturated carbocycles. The minimum atomic E-state index is 0.268. The monoisotopic (exact) mass is 229 g/mol. The Hall–Kier alpha value is -0.840. The van der Waals surface area contributed by atoms with Gasteiger partial charge in [-0.25, -0.2) is 4.68 Å². The fourth-order valence-corrected chi connectivity index (χ4v) is 2.30. The molecule has 0 bridgehead atoms. The summed E-state index contributed by atoms with van der Waals surface area (Å²) in [6.45, 7) is 4.07. The Morgan fingerprint density at radius 3 is 2.53 bits per heavy atom. The average molecular weight is 230 g/mol. The van der Waals surface area contributed by atoms with E-state index in [4.69, 9.17) is 11.6 Å². The number of alkyl halides is 1. The fraction of sp³-hybridized carbons (Fsp3) is 0.889. The molecule has 1 aliphatic heterocycles. The van der Waals surface area contributed by atoms with Gasteiger partial charge in [0.15, 0.2) is 0 Å². The molecular weight excluding hydrogens is 214 g/mol. The third-order valence-electron chi connectivity index (χ3n) is 3.07. The van der Waals surface area contributed by atoms with E-state index in [1.807, 2.05) is 7.05 Å². The van der Waals surface area contributed by atoms with Crippen molar-refractivity contribution in [3.63, 3.8) is 0 Å². The second kappa shape index (κ2) is 4.35. The van der Waals surface area contributed by atoms with E-state index in [-0.39, 0.29) is 5.38 Å². The summed E-state index contributed by atoms with van der Waals surface area (Å²) in [4.78, 5) is 2.22. The predicted molar refractivity (Wildman–Crippen MR) is 59.1 cm³/mol. The molecule has 2 rings (SSSR count). The minimum Gasteiger partial charge on any atom is -0.340 e. The van der Waals surface area contributed by atoms with Crippen molar-refractivity contribution >= 4 is 17.5 Å². The van der Waals surface area contributed by atoms with Crippen LogP contribution in [0.25, 0.3) is 0 Å². The van der Waals surface area contributed by atoms with Crippen molar-refractivity contribution in [1.29, 1.82) is 0 Å². The topological polar surface area (TPSA) is 46.8 Å². The van der Waals surface area contributed by atoms with Crippen molar-refractivity contribution in [2.24, 2.45) is 13.0 Å². The Balaban J connectivity index is 1.97. The lowest BCUT2D eigenvalue weighted by Crippen LogP contribution is -2.37. The van der Waals surface area contributed by atoms with Gasteiger partial charge < -0.3 is 4.90 Å². The molecule has 5 nitrogen and oxygen atoms in total. The van der Waals surface area contributed by atoms with E-state index in [0.29, 0.717) is 5.92 Å². The highest BCUT2D eigenvalue weighted by Gasteiger charge is 2.24. The first-order valence-electron chi connectivity index (χ1n) is 5.30. The number of halogens is 1. The predicted octanol–water partition coefficient (Wildman–Crippen LogP) is 1.05. The molecule has 1 atom stereocenters. The highest BCUT2D eigenvalue weighted by atomic mass is 35.5. The van der Waals surface area contributed by atoms with E-state index < -0.39 is 0 Å². The second-order valence-corrected chi connectivity index (χ2v) is 4.79. The molecule has 0 aromatic carbocycles. The molecule has 0 spiro atoms. The van der Waals surface area contributed by atoms with E-state index in [9.17, 15) is 0 Å². The molecule has 0 radical (unpaired) electrons. The normalized spacial score (nSPS) is 20.6. The largest absolute Gasteiger partial charge is 0.340 e. The molecule has 6 heteroatoms. The summed E-state index contributed by atoms with van der Waals surface area (Å²) in [6, 6.07) is 0. The van der Waals surface area contributed by atoms with E-state index >= 15 is 0 Å². The first kappa shape index (κ1) is 10.7. The lowest BCUT2D eigenvalue weighted by Gasteiger charge is -2.32. The fourth-order valence-electron chi connectivity index (χ4n) is 2.05. The SMILES string of the molecule is CC(Cl)C1CCN(c2nnnn2C)CC1. The second-order valence-electron chi connectivity index (χ2n) is 4.10. The zero-order chi connectivity index (χ0) is 10.8. The van der Waals surface area contributed by atoms with Crippen LogP contribution < -0.4 is 4.90 Å². The molecule has 1 fully saturated rings. The molecule has 1 aromatic heterocycles. The Labute approximate surface area is 94.4 Å². The molecule has 0 N–H and O–H groups in total. The number of nitrogens with zero attached hydrogens (tertiary/aromatic N) is 5. The van der Waals surface area contributed by atoms with Gasteiger partial charge >= 0.3 is 0 Å². The van der Waals surface area contributed by atoms with E-state index in [2.05, 4.69) is 27.3 Å². The van der Waals surface area contributed by atoms with Crippen LogP contribution in [-0.2, 0) is 7.05 Å². The van der Waals surface area contributed by atoms with Gasteiger partial charge in [-0.3, -0.25) is 0 Å². The number of hydrogen-bond donors (Lipinski definition) is 0. The van der Waals surface area contributed by atoms with Crippen LogP contribution in [0, 0.1) is 5.92 Å². The van der Waals surface area contributed by atoms with Gasteiger partial charge in [0.2, 0.25) is 5.95 Å². The molecule has 0 amide bonds. The Bertz CT molecular complexity index is 316. The molecule has 1 aliphatic rings. The number of anilines is 1. The number of aryl methyl sites for hydroxylation is 1. The molecule has 84 valence electrons. The van der Waals surface area contributed by atoms with E-state index in [1.165, 1.54) is 0 Å². The van der Waals surface area contributed by atoms with Crippen molar-refractivity contribution in [3.05, 3.63) is 0 Å². The lowest BCUT2D eigenvalue weighted by atomic mass is 9.94. The first-order chi connectivity index (χ1) is 7.18. The van der Waals surface area contributed by atoms with Gasteiger partial charge in [-0.15, -0.1) is 11.6 Å². The van der Waals surface area contributed by atoms with Crippen LogP contribution in [0.3, 0.4) is 0 Å². The van der Waals surface area contributed by atoms with Crippen LogP contribution in [0.2, 0.25) is 0 Å². The summed E-state index contributed by atoms with van der Waals surface area (Å²) in [7, 11) is 1.87. The van der Waals surface area contributed by atoms with E-state index in [0.717, 1.165) is 31.9 Å². The van der Waals surface area contributed by atoms with Crippen molar-refractivity contribution in [3.8, 4) is 0 Å². The zero-order valence-electron chi connectivity index (χ0n) is 9.10. The van der Waals surface area contributed by atoms with Crippen LogP contribution in [-0.4, -0.2) is 38.7 Å². The molecule has 15 heavy (non-hydrogen) atoms. The van der Waals surface area contributed by atoms with Gasteiger partial charge in [-0.05, 0) is 36.1 Å². The van der Waals surface area contributed by atoms with Crippen molar-refractivity contribution < 1.29 is 0 Å². The highest BCUT2D eigenvalue weighted by Crippen LogP contribution is 2.25. The van der Waals surface area contributed by atoms with Gasteiger partial charge in [0, 0.05) is 25.5 Å². The lowest BCUT2D eigenvalue weighted by molar-refractivity contribution is 0.395. The maximum Gasteiger partial charge on any atom is 0.245 e. The van der Waals surface area contributed by atoms with Crippen molar-refractivity contribution in [1.82, 2.24) is 20.2 Å². The molecular formula is C9H16ClN5. The van der Waals surface area contributed by atoms with Crippen LogP contribution in [0.1, 0.15) is 19.8 Å². The summed E-state index contributed by atoms with van der Waals surface area (Å²) in [5.41, 5.74) is 0. The minimum absolute atomic E-state index is 0.268. The number of rotatable bonds is 2. The molecule has 0 aliphatic carbocycles. The number of piperidine rings is 1. The summed E-state index contributed by atoms with van der Waals surface area (Å²) in [6.07, 6.45) is 2.25. The highest BCUT2D eigenvalue weighted by molar-refractivity contribution is 6.20. The van der Waals surface area contributed by atoms with Crippen LogP contribution in [0.4, 0.5) is 5.95 Å². The number of aromatic nitrogens is 4. The number of hydrogen-bond acceptors (Lipinski definition) is 4. The van der Waals surface area contributed by atoms with Gasteiger partial charge in [0.05, 0.1) is 0 Å². The van der Waals surface area contributed by atoms with Crippen molar-refractivity contribution in [2.45, 2.75) is 25.1 Å². The van der Waals surface area contributed by atoms with Gasteiger partial charge in [-0.2, -0.15) is 0 Å². The third kappa shape index (κ3) is 2.22. The average Bonchev–Trinajstić information content (AvgIpc) is 2.65. The first-order valence-corrected chi connectivity index (χ1v) is 5.73. The van der Waals surface area contributed by atoms with Crippen molar-refractivity contribution in [2.75, 3.05) is 18.0 Å². The molecule has 1 aromatic rings. The summed E-state index contributed by atoms with van der Waals surface area (Å²) in [5.74, 6) is 1.49. The zero-order valence-corrected chi connectivity index (χ0v) is 9.85. The van der Waals surface area contributed by atoms with Crippen LogP contribution in [0.15, 0.2) is 0 Å². The number of tetrazole rings is 1. The smallest absolute Gasteiger partial charge is 0.245 e. The Kier molecular flexibility index (Phi) is 3.09. The standard InChI is InChI=1S/C9H16ClN5/c1-7(10)8-3-5-15(6-4-8)9-11-12-13-14(9)2/h7-8H,3-6H2,1-2H3. The van der Waals surface area contributed by atoms with Crippen LogP contribution >= 0.6 is 11.6 Å². The van der Waals surface area contributed by atoms with Gasteiger partial charge in [0.1, 0.15) is 0 Å². The summed E-state index contributed by atoms with van der Waals surface area (Å²) < 4.78 is 1.71. The maximum absolute atomic E-state index is 6.10. The van der Waals surface area contributed by atoms with Crippen LogP contribution in [0.5, 0.6) is 0 Å². The summed E-state index contributed by atoms with van der Waals surface area (Å²) in [5, 5.41) is 11.8. The molecule has 2 heterocycles. The Morgan fingerprint density at radius 1 is 1.40 bits per heavy atom. The maximum atomic E-state index is 6.10. The Morgan fingerprint density at radius 2 is 2.07 bits per heavy atom. The molecule has 1 saturated heterocycles.